The van der Waals surface area contributed by atoms with E-state index in [0.717, 1.165) is 37.4 Å². The molecule has 3 heterocycles. The van der Waals surface area contributed by atoms with E-state index in [1.165, 1.54) is 11.3 Å². The van der Waals surface area contributed by atoms with Gasteiger partial charge in [0.2, 0.25) is 0 Å². The normalized spacial score (nSPS) is 17.4. The van der Waals surface area contributed by atoms with Crippen LogP contribution in [0.1, 0.15) is 29.6 Å². The summed E-state index contributed by atoms with van der Waals surface area (Å²) >= 11 is 0. The Morgan fingerprint density at radius 3 is 3.00 bits per heavy atom. The van der Waals surface area contributed by atoms with Gasteiger partial charge in [-0.15, -0.1) is 0 Å². The quantitative estimate of drug-likeness (QED) is 0.846. The molecule has 0 N–H and O–H groups in total. The Labute approximate surface area is 113 Å². The molecular formula is C14H20N4O. The van der Waals surface area contributed by atoms with Crippen LogP contribution in [0.5, 0.6) is 0 Å². The Balaban J connectivity index is 1.68. The third-order valence-corrected chi connectivity index (χ3v) is 3.90. The Hall–Kier alpha value is -1.62. The van der Waals surface area contributed by atoms with Crippen molar-refractivity contribution in [2.75, 3.05) is 6.54 Å². The Morgan fingerprint density at radius 1 is 1.42 bits per heavy atom. The van der Waals surface area contributed by atoms with E-state index in [4.69, 9.17) is 4.52 Å². The second-order valence-corrected chi connectivity index (χ2v) is 5.47. The molecule has 0 unspecified atom stereocenters. The average molecular weight is 260 g/mol. The van der Waals surface area contributed by atoms with Gasteiger partial charge in [0.25, 0.3) is 0 Å². The summed E-state index contributed by atoms with van der Waals surface area (Å²) in [7, 11) is 0. The lowest BCUT2D eigenvalue weighted by molar-refractivity contribution is 0.169. The first-order chi connectivity index (χ1) is 9.13. The van der Waals surface area contributed by atoms with Crippen molar-refractivity contribution in [2.24, 2.45) is 0 Å². The Morgan fingerprint density at radius 2 is 2.26 bits per heavy atom. The molecule has 102 valence electrons. The fourth-order valence-electron chi connectivity index (χ4n) is 2.76. The van der Waals surface area contributed by atoms with E-state index in [1.807, 2.05) is 6.92 Å². The minimum Gasteiger partial charge on any atom is -0.364 e. The highest BCUT2D eigenvalue weighted by Crippen LogP contribution is 2.20. The first-order valence-corrected chi connectivity index (χ1v) is 6.80. The maximum Gasteiger partial charge on any atom is 0.128 e. The molecule has 0 bridgehead atoms. The van der Waals surface area contributed by atoms with E-state index in [2.05, 4.69) is 39.8 Å². The molecule has 0 amide bonds. The molecule has 5 heteroatoms. The van der Waals surface area contributed by atoms with Gasteiger partial charge in [0.05, 0.1) is 17.9 Å². The molecule has 19 heavy (non-hydrogen) atoms. The van der Waals surface area contributed by atoms with Crippen LogP contribution in [-0.4, -0.2) is 32.4 Å². The molecule has 0 saturated carbocycles. The fraction of sp³-hybridized carbons (Fsp3) is 0.571. The number of aryl methyl sites for hydroxylation is 2. The zero-order chi connectivity index (χ0) is 13.4. The van der Waals surface area contributed by atoms with Crippen molar-refractivity contribution in [3.8, 4) is 0 Å². The molecule has 0 saturated heterocycles. The van der Waals surface area contributed by atoms with Crippen molar-refractivity contribution in [3.63, 3.8) is 0 Å². The Bertz CT molecular complexity index is 572. The third kappa shape index (κ3) is 2.42. The molecule has 0 radical (unpaired) electrons. The molecule has 2 aromatic rings. The van der Waals surface area contributed by atoms with Crippen LogP contribution in [0, 0.1) is 13.8 Å². The summed E-state index contributed by atoms with van der Waals surface area (Å²) in [6, 6.07) is 2.59. The van der Waals surface area contributed by atoms with Gasteiger partial charge in [-0.25, -0.2) is 0 Å². The molecule has 0 fully saturated rings. The van der Waals surface area contributed by atoms with Crippen LogP contribution in [0.25, 0.3) is 0 Å². The van der Waals surface area contributed by atoms with Crippen molar-refractivity contribution in [1.29, 1.82) is 0 Å². The maximum absolute atomic E-state index is 5.04. The summed E-state index contributed by atoms with van der Waals surface area (Å²) < 4.78 is 7.14. The predicted molar refractivity (Wildman–Crippen MR) is 71.8 cm³/mol. The molecule has 0 aromatic carbocycles. The molecule has 3 rings (SSSR count). The summed E-state index contributed by atoms with van der Waals surface area (Å²) in [6.45, 7) is 9.31. The standard InChI is InChI=1S/C14H20N4O/c1-10-6-11(2)18(15-10)7-12(3)17-5-4-14-13(8-17)9-19-16-14/h6,9,12H,4-5,7-8H2,1-3H3/t12-/m1/s1. The number of nitrogens with zero attached hydrogens (tertiary/aromatic N) is 4. The maximum atomic E-state index is 5.04. The van der Waals surface area contributed by atoms with Gasteiger partial charge in [-0.2, -0.15) is 5.10 Å². The molecule has 1 atom stereocenters. The van der Waals surface area contributed by atoms with Crippen molar-refractivity contribution in [1.82, 2.24) is 19.8 Å². The summed E-state index contributed by atoms with van der Waals surface area (Å²) in [4.78, 5) is 2.47. The molecule has 0 aliphatic carbocycles. The van der Waals surface area contributed by atoms with E-state index in [9.17, 15) is 0 Å². The largest absolute Gasteiger partial charge is 0.364 e. The first-order valence-electron chi connectivity index (χ1n) is 6.80. The van der Waals surface area contributed by atoms with Crippen LogP contribution in [0.4, 0.5) is 0 Å². The van der Waals surface area contributed by atoms with Gasteiger partial charge in [0.15, 0.2) is 0 Å². The molecule has 2 aromatic heterocycles. The van der Waals surface area contributed by atoms with Crippen molar-refractivity contribution < 1.29 is 4.52 Å². The monoisotopic (exact) mass is 260 g/mol. The minimum absolute atomic E-state index is 0.459. The van der Waals surface area contributed by atoms with Gasteiger partial charge in [-0.3, -0.25) is 9.58 Å². The van der Waals surface area contributed by atoms with Gasteiger partial charge in [0, 0.05) is 36.8 Å². The fourth-order valence-corrected chi connectivity index (χ4v) is 2.76. The molecule has 1 aliphatic heterocycles. The zero-order valence-electron chi connectivity index (χ0n) is 11.8. The van der Waals surface area contributed by atoms with Crippen LogP contribution in [-0.2, 0) is 19.5 Å². The summed E-state index contributed by atoms with van der Waals surface area (Å²) in [5, 5.41) is 8.57. The van der Waals surface area contributed by atoms with E-state index in [-0.39, 0.29) is 0 Å². The number of rotatable bonds is 3. The summed E-state index contributed by atoms with van der Waals surface area (Å²) in [5.74, 6) is 0. The van der Waals surface area contributed by atoms with Crippen LogP contribution >= 0.6 is 0 Å². The highest BCUT2D eigenvalue weighted by molar-refractivity contribution is 5.17. The summed E-state index contributed by atoms with van der Waals surface area (Å²) in [6.07, 6.45) is 2.75. The van der Waals surface area contributed by atoms with Gasteiger partial charge < -0.3 is 4.52 Å². The van der Waals surface area contributed by atoms with Crippen molar-refractivity contribution >= 4 is 0 Å². The second-order valence-electron chi connectivity index (χ2n) is 5.47. The van der Waals surface area contributed by atoms with E-state index < -0.39 is 0 Å². The summed E-state index contributed by atoms with van der Waals surface area (Å²) in [5.41, 5.74) is 4.66. The van der Waals surface area contributed by atoms with Crippen molar-refractivity contribution in [2.45, 2.75) is 46.3 Å². The predicted octanol–water partition coefficient (Wildman–Crippen LogP) is 1.93. The number of fused-ring (bicyclic) bond motifs is 1. The third-order valence-electron chi connectivity index (χ3n) is 3.90. The highest BCUT2D eigenvalue weighted by Gasteiger charge is 2.23. The molecule has 0 spiro atoms. The second kappa shape index (κ2) is 4.81. The number of aromatic nitrogens is 3. The average Bonchev–Trinajstić information content (AvgIpc) is 2.95. The molecular weight excluding hydrogens is 240 g/mol. The van der Waals surface area contributed by atoms with Crippen LogP contribution in [0.3, 0.4) is 0 Å². The van der Waals surface area contributed by atoms with Gasteiger partial charge in [0.1, 0.15) is 6.26 Å². The molecule has 1 aliphatic rings. The van der Waals surface area contributed by atoms with Gasteiger partial charge >= 0.3 is 0 Å². The van der Waals surface area contributed by atoms with Crippen molar-refractivity contribution in [3.05, 3.63) is 35.0 Å². The number of hydrogen-bond acceptors (Lipinski definition) is 4. The van der Waals surface area contributed by atoms with Crippen LogP contribution in [0.2, 0.25) is 0 Å². The molecule has 5 nitrogen and oxygen atoms in total. The van der Waals surface area contributed by atoms with E-state index in [0.29, 0.717) is 6.04 Å². The zero-order valence-corrected chi connectivity index (χ0v) is 11.8. The lowest BCUT2D eigenvalue weighted by atomic mass is 10.1. The van der Waals surface area contributed by atoms with E-state index in [1.54, 1.807) is 6.26 Å². The van der Waals surface area contributed by atoms with Gasteiger partial charge in [-0.1, -0.05) is 5.16 Å². The number of hydrogen-bond donors (Lipinski definition) is 0. The lowest BCUT2D eigenvalue weighted by Crippen LogP contribution is -2.40. The Kier molecular flexibility index (Phi) is 3.14. The van der Waals surface area contributed by atoms with Crippen LogP contribution in [0.15, 0.2) is 16.9 Å². The SMILES string of the molecule is Cc1cc(C)n(C[C@@H](C)N2CCc3nocc3C2)n1. The lowest BCUT2D eigenvalue weighted by Gasteiger charge is -2.31. The van der Waals surface area contributed by atoms with E-state index >= 15 is 0 Å². The highest BCUT2D eigenvalue weighted by atomic mass is 16.5. The van der Waals surface area contributed by atoms with Gasteiger partial charge in [-0.05, 0) is 26.8 Å². The van der Waals surface area contributed by atoms with Crippen LogP contribution < -0.4 is 0 Å². The topological polar surface area (TPSA) is 47.1 Å². The smallest absolute Gasteiger partial charge is 0.128 e. The minimum atomic E-state index is 0.459. The first kappa shape index (κ1) is 12.4.